The minimum absolute atomic E-state index is 0. The van der Waals surface area contributed by atoms with Crippen LogP contribution in [0.15, 0.2) is 134 Å². The molecule has 0 spiro atoms. The summed E-state index contributed by atoms with van der Waals surface area (Å²) in [7, 11) is 0. The van der Waals surface area contributed by atoms with Crippen molar-refractivity contribution in [3.8, 4) is 67.5 Å². The van der Waals surface area contributed by atoms with Gasteiger partial charge >= 0.3 is 0 Å². The number of benzene rings is 6. The number of para-hydroxylation sites is 1. The molecule has 0 saturated carbocycles. The van der Waals surface area contributed by atoms with Crippen molar-refractivity contribution >= 4 is 11.0 Å². The Kier molecular flexibility index (Phi) is 12.4. The molecule has 0 radical (unpaired) electrons. The molecule has 8 rings (SSSR count). The topological polar surface area (TPSA) is 50.9 Å². The monoisotopic (exact) mass is 1040 g/mol. The number of imidazole rings is 1. The van der Waals surface area contributed by atoms with Crippen LogP contribution in [0.1, 0.15) is 132 Å². The van der Waals surface area contributed by atoms with E-state index in [1.54, 1.807) is 0 Å². The zero-order valence-corrected chi connectivity index (χ0v) is 42.6. The smallest absolute Gasteiger partial charge is 0.148 e. The molecule has 0 unspecified atom stereocenters. The molecule has 4 nitrogen and oxygen atoms in total. The Morgan fingerprint density at radius 3 is 1.88 bits per heavy atom. The molecule has 0 aliphatic rings. The minimum atomic E-state index is -0.928. The second kappa shape index (κ2) is 18.0. The molecular weight excluding hydrogens is 974 g/mol. The van der Waals surface area contributed by atoms with Crippen LogP contribution in [-0.2, 0) is 37.3 Å². The van der Waals surface area contributed by atoms with Gasteiger partial charge in [0.05, 0.1) is 16.6 Å². The molecule has 1 N–H and O–H groups in total. The number of fused-ring (bicyclic) bond motifs is 1. The fourth-order valence-electron chi connectivity index (χ4n) is 8.56. The van der Waals surface area contributed by atoms with E-state index >= 15 is 0 Å². The van der Waals surface area contributed by atoms with Crippen molar-refractivity contribution < 1.29 is 28.9 Å². The van der Waals surface area contributed by atoms with Gasteiger partial charge in [-0.3, -0.25) is 9.55 Å². The molecule has 0 atom stereocenters. The maximum absolute atomic E-state index is 12.5. The van der Waals surface area contributed by atoms with E-state index in [-0.39, 0.29) is 43.1 Å². The van der Waals surface area contributed by atoms with Crippen molar-refractivity contribution in [3.05, 3.63) is 167 Å². The number of hydrogen-bond donors (Lipinski definition) is 1. The summed E-state index contributed by atoms with van der Waals surface area (Å²) in [6, 6.07) is 47.9. The Hall–Kier alpha value is -5.57. The predicted molar refractivity (Wildman–Crippen MR) is 271 cm³/mol. The SMILES string of the molecule is [2H]C(C)(C)c1ccc(-c2ccnc(-c3[c-]c(-c4cccc5c4nc(-c4cc(C(C)(C)C)cc(C(C)(C)C)c4O)n5-c4ccc(-c5ccccc5)c(C([2H])(C)C)c4)cc(C(C)(C)C)c3)c2)cc1.[Pt]. The molecule has 5 heteroatoms. The Morgan fingerprint density at radius 1 is 0.585 bits per heavy atom. The molecule has 2 heterocycles. The van der Waals surface area contributed by atoms with E-state index in [9.17, 15) is 6.48 Å². The van der Waals surface area contributed by atoms with Gasteiger partial charge in [0.15, 0.2) is 0 Å². The Bertz CT molecular complexity index is 3100. The van der Waals surface area contributed by atoms with Gasteiger partial charge in [-0.1, -0.05) is 186 Å². The molecule has 0 bridgehead atoms. The molecule has 0 aliphatic heterocycles. The van der Waals surface area contributed by atoms with Crippen LogP contribution in [0, 0.1) is 6.07 Å². The number of phenols is 1. The summed E-state index contributed by atoms with van der Waals surface area (Å²) >= 11 is 0. The van der Waals surface area contributed by atoms with Gasteiger partial charge in [0.1, 0.15) is 11.6 Å². The summed E-state index contributed by atoms with van der Waals surface area (Å²) in [4.78, 5) is 10.5. The molecule has 0 fully saturated rings. The number of pyridine rings is 1. The van der Waals surface area contributed by atoms with Crippen LogP contribution >= 0.6 is 0 Å². The van der Waals surface area contributed by atoms with Crippen LogP contribution in [0.5, 0.6) is 5.75 Å². The molecule has 0 amide bonds. The molecular formula is C60H64N3OPt-. The molecule has 65 heavy (non-hydrogen) atoms. The van der Waals surface area contributed by atoms with Gasteiger partial charge in [-0.25, -0.2) is 4.98 Å². The largest absolute Gasteiger partial charge is 0.507 e. The van der Waals surface area contributed by atoms with Crippen molar-refractivity contribution in [2.45, 2.75) is 118 Å². The van der Waals surface area contributed by atoms with E-state index < -0.39 is 11.8 Å². The number of nitrogens with zero attached hydrogens (tertiary/aromatic N) is 3. The predicted octanol–water partition coefficient (Wildman–Crippen LogP) is 16.4. The zero-order valence-electron chi connectivity index (χ0n) is 42.3. The maximum atomic E-state index is 12.5. The van der Waals surface area contributed by atoms with Crippen molar-refractivity contribution in [2.24, 2.45) is 0 Å². The van der Waals surface area contributed by atoms with E-state index in [4.69, 9.17) is 11.3 Å². The van der Waals surface area contributed by atoms with E-state index in [0.29, 0.717) is 11.4 Å². The van der Waals surface area contributed by atoms with Crippen LogP contribution in [0.25, 0.3) is 72.7 Å². The first-order chi connectivity index (χ1) is 30.8. The minimum Gasteiger partial charge on any atom is -0.507 e. The van der Waals surface area contributed by atoms with Gasteiger partial charge < -0.3 is 5.11 Å². The number of aromatic nitrogens is 3. The first-order valence-corrected chi connectivity index (χ1v) is 22.5. The molecule has 0 saturated heterocycles. The third-order valence-electron chi connectivity index (χ3n) is 12.5. The van der Waals surface area contributed by atoms with Gasteiger partial charge in [0, 0.05) is 46.9 Å². The summed E-state index contributed by atoms with van der Waals surface area (Å²) in [6.07, 6.45) is 1.86. The summed E-state index contributed by atoms with van der Waals surface area (Å²) in [5, 5.41) is 12.5. The number of aromatic hydroxyl groups is 1. The zero-order chi connectivity index (χ0) is 47.7. The first kappa shape index (κ1) is 44.6. The third-order valence-corrected chi connectivity index (χ3v) is 12.5. The van der Waals surface area contributed by atoms with E-state index in [1.165, 1.54) is 0 Å². The van der Waals surface area contributed by atoms with Crippen LogP contribution in [-0.4, -0.2) is 19.6 Å². The van der Waals surface area contributed by atoms with Crippen LogP contribution in [0.4, 0.5) is 0 Å². The second-order valence-corrected chi connectivity index (χ2v) is 20.9. The maximum Gasteiger partial charge on any atom is 0.148 e. The van der Waals surface area contributed by atoms with E-state index in [1.807, 2.05) is 70.3 Å². The Labute approximate surface area is 405 Å². The van der Waals surface area contributed by atoms with Gasteiger partial charge in [-0.05, 0) is 97.3 Å². The van der Waals surface area contributed by atoms with Gasteiger partial charge in [0.25, 0.3) is 0 Å². The van der Waals surface area contributed by atoms with Crippen molar-refractivity contribution in [1.82, 2.24) is 14.5 Å². The van der Waals surface area contributed by atoms with Crippen LogP contribution < -0.4 is 0 Å². The van der Waals surface area contributed by atoms with Crippen molar-refractivity contribution in [1.29, 1.82) is 0 Å². The summed E-state index contributed by atoms with van der Waals surface area (Å²) in [5.41, 5.74) is 15.0. The standard InChI is InChI=1S/C60H64N3O.Pt/c1-37(2)39-22-24-40(25-23-39)42-28-29-61-53(33-42)44-30-43(31-45(32-44)58(5,6)7)49-20-17-21-54-55(49)62-57(51-34-46(59(8,9)10)35-52(56(51)64)60(11,12)13)63(54)47-26-27-48(50(36-47)38(3)4)41-18-15-14-16-19-41;/h14-29,31-38,64H,1-13H3;/q-1;/i37D,38D;. The van der Waals surface area contributed by atoms with Crippen molar-refractivity contribution in [3.63, 3.8) is 0 Å². The molecule has 8 aromatic rings. The third kappa shape index (κ3) is 9.57. The summed E-state index contributed by atoms with van der Waals surface area (Å²) in [6.45, 7) is 27.4. The van der Waals surface area contributed by atoms with Gasteiger partial charge in [-0.2, -0.15) is 0 Å². The average Bonchev–Trinajstić information content (AvgIpc) is 3.64. The van der Waals surface area contributed by atoms with E-state index in [2.05, 4.69) is 164 Å². The number of phenolic OH excluding ortho intramolecular Hbond substituents is 1. The normalized spacial score (nSPS) is 13.1. The molecule has 0 aliphatic carbocycles. The van der Waals surface area contributed by atoms with Gasteiger partial charge in [-0.15, -0.1) is 29.3 Å². The fourth-order valence-corrected chi connectivity index (χ4v) is 8.56. The first-order valence-electron chi connectivity index (χ1n) is 23.5. The van der Waals surface area contributed by atoms with Crippen LogP contribution in [0.3, 0.4) is 0 Å². The Balaban J connectivity index is 0.00000666. The Morgan fingerprint density at radius 2 is 1.25 bits per heavy atom. The number of rotatable bonds is 8. The van der Waals surface area contributed by atoms with E-state index in [0.717, 1.165) is 89.2 Å². The molecule has 2 aromatic heterocycles. The van der Waals surface area contributed by atoms with Gasteiger partial charge in [0.2, 0.25) is 0 Å². The van der Waals surface area contributed by atoms with Crippen molar-refractivity contribution in [2.75, 3.05) is 0 Å². The summed E-state index contributed by atoms with van der Waals surface area (Å²) in [5.74, 6) is -0.776. The van der Waals surface area contributed by atoms with Crippen LogP contribution in [0.2, 0.25) is 0 Å². The fraction of sp³-hybridized carbons (Fsp3) is 0.300. The average molecular weight is 1040 g/mol. The quantitative estimate of drug-likeness (QED) is 0.154. The number of hydrogen-bond acceptors (Lipinski definition) is 3. The molecule has 6 aromatic carbocycles. The summed E-state index contributed by atoms with van der Waals surface area (Å²) < 4.78 is 20.1. The molecule has 336 valence electrons. The second-order valence-electron chi connectivity index (χ2n) is 20.9.